The summed E-state index contributed by atoms with van der Waals surface area (Å²) in [6.45, 7) is 3.44. The first-order valence-corrected chi connectivity index (χ1v) is 7.51. The summed E-state index contributed by atoms with van der Waals surface area (Å²) in [6.07, 6.45) is 4.51. The van der Waals surface area contributed by atoms with E-state index in [1.165, 1.54) is 6.33 Å². The second kappa shape index (κ2) is 6.75. The highest BCUT2D eigenvalue weighted by atomic mass is 35.5. The fourth-order valence-electron chi connectivity index (χ4n) is 2.30. The molecule has 21 heavy (non-hydrogen) atoms. The van der Waals surface area contributed by atoms with Crippen molar-refractivity contribution in [3.05, 3.63) is 46.5 Å². The quantitative estimate of drug-likeness (QED) is 0.765. The van der Waals surface area contributed by atoms with Gasteiger partial charge in [0.2, 0.25) is 0 Å². The Morgan fingerprint density at radius 3 is 2.62 bits per heavy atom. The molecule has 1 unspecified atom stereocenters. The molecule has 0 aliphatic heterocycles. The smallest absolute Gasteiger partial charge is 0.137 e. The largest absolute Gasteiger partial charge is 0.251 e. The van der Waals surface area contributed by atoms with Crippen molar-refractivity contribution in [3.8, 4) is 0 Å². The zero-order valence-corrected chi connectivity index (χ0v) is 13.6. The lowest BCUT2D eigenvalue weighted by molar-refractivity contribution is 0.196. The molecule has 0 spiro atoms. The predicted molar refractivity (Wildman–Crippen MR) is 83.6 cm³/mol. The van der Waals surface area contributed by atoms with E-state index < -0.39 is 5.41 Å². The number of alkyl halides is 1. The molecule has 1 aromatic heterocycles. The van der Waals surface area contributed by atoms with Gasteiger partial charge in [-0.3, -0.25) is 4.39 Å². The first-order valence-electron chi connectivity index (χ1n) is 6.75. The van der Waals surface area contributed by atoms with Crippen LogP contribution >= 0.6 is 23.2 Å². The summed E-state index contributed by atoms with van der Waals surface area (Å²) in [7, 11) is 0. The second-order valence-electron chi connectivity index (χ2n) is 5.98. The minimum absolute atomic E-state index is 0.0236. The van der Waals surface area contributed by atoms with Gasteiger partial charge in [0.05, 0.1) is 22.8 Å². The van der Waals surface area contributed by atoms with E-state index in [9.17, 15) is 4.39 Å². The summed E-state index contributed by atoms with van der Waals surface area (Å²) in [5.74, 6) is 0. The van der Waals surface area contributed by atoms with Crippen molar-refractivity contribution in [1.82, 2.24) is 14.8 Å². The molecule has 2 rings (SSSR count). The lowest BCUT2D eigenvalue weighted by Crippen LogP contribution is -2.23. The van der Waals surface area contributed by atoms with Crippen molar-refractivity contribution in [1.29, 1.82) is 0 Å². The monoisotopic (exact) mass is 329 g/mol. The Bertz CT molecular complexity index is 585. The molecule has 0 radical (unpaired) electrons. The van der Waals surface area contributed by atoms with Gasteiger partial charge in [0.15, 0.2) is 0 Å². The van der Waals surface area contributed by atoms with E-state index in [4.69, 9.17) is 23.2 Å². The van der Waals surface area contributed by atoms with Crippen LogP contribution < -0.4 is 0 Å². The lowest BCUT2D eigenvalue weighted by atomic mass is 9.85. The number of hydrogen-bond acceptors (Lipinski definition) is 2. The SMILES string of the molecule is CC(C)(CF)CC(Cc1ccc(Cl)c(Cl)c1)n1cncn1. The Hall–Kier alpha value is -1.13. The number of rotatable bonds is 6. The number of nitrogens with zero attached hydrogens (tertiary/aromatic N) is 3. The predicted octanol–water partition coefficient (Wildman–Crippen LogP) is 4.75. The molecule has 0 amide bonds. The molecule has 0 fully saturated rings. The average Bonchev–Trinajstić information content (AvgIpc) is 2.96. The van der Waals surface area contributed by atoms with Crippen LogP contribution in [-0.2, 0) is 6.42 Å². The first kappa shape index (κ1) is 16.2. The van der Waals surface area contributed by atoms with Crippen molar-refractivity contribution in [2.75, 3.05) is 6.67 Å². The summed E-state index contributed by atoms with van der Waals surface area (Å²) in [5, 5.41) is 5.25. The van der Waals surface area contributed by atoms with Crippen LogP contribution in [0.3, 0.4) is 0 Å². The van der Waals surface area contributed by atoms with Crippen LogP contribution in [0, 0.1) is 5.41 Å². The molecule has 3 nitrogen and oxygen atoms in total. The van der Waals surface area contributed by atoms with E-state index in [-0.39, 0.29) is 12.7 Å². The standard InChI is InChI=1S/C15H18Cl2FN3/c1-15(2,8-18)7-12(21-10-19-9-20-21)5-11-3-4-13(16)14(17)6-11/h3-4,6,9-10,12H,5,7-8H2,1-2H3. The molecule has 0 aliphatic carbocycles. The third kappa shape index (κ3) is 4.42. The van der Waals surface area contributed by atoms with Gasteiger partial charge >= 0.3 is 0 Å². The number of aromatic nitrogens is 3. The number of halogens is 3. The van der Waals surface area contributed by atoms with E-state index in [2.05, 4.69) is 10.1 Å². The minimum Gasteiger partial charge on any atom is -0.251 e. The van der Waals surface area contributed by atoms with Crippen molar-refractivity contribution in [3.63, 3.8) is 0 Å². The molecular weight excluding hydrogens is 312 g/mol. The zero-order chi connectivity index (χ0) is 15.5. The van der Waals surface area contributed by atoms with Gasteiger partial charge in [-0.2, -0.15) is 5.10 Å². The number of benzene rings is 1. The van der Waals surface area contributed by atoms with E-state index in [1.807, 2.05) is 26.0 Å². The van der Waals surface area contributed by atoms with E-state index in [0.29, 0.717) is 22.9 Å². The van der Waals surface area contributed by atoms with Crippen molar-refractivity contribution in [2.45, 2.75) is 32.7 Å². The molecular formula is C15H18Cl2FN3. The Kier molecular flexibility index (Phi) is 5.22. The molecule has 2 aromatic rings. The summed E-state index contributed by atoms with van der Waals surface area (Å²) in [6, 6.07) is 5.57. The average molecular weight is 330 g/mol. The summed E-state index contributed by atoms with van der Waals surface area (Å²) >= 11 is 12.0. The van der Waals surface area contributed by atoms with Crippen LogP contribution in [0.15, 0.2) is 30.9 Å². The molecule has 0 saturated carbocycles. The molecule has 1 atom stereocenters. The highest BCUT2D eigenvalue weighted by molar-refractivity contribution is 6.42. The highest BCUT2D eigenvalue weighted by Gasteiger charge is 2.25. The zero-order valence-electron chi connectivity index (χ0n) is 12.1. The third-order valence-electron chi connectivity index (χ3n) is 3.42. The lowest BCUT2D eigenvalue weighted by Gasteiger charge is -2.27. The Morgan fingerprint density at radius 2 is 2.05 bits per heavy atom. The minimum atomic E-state index is -0.410. The molecule has 114 valence electrons. The fourth-order valence-corrected chi connectivity index (χ4v) is 2.62. The maximum atomic E-state index is 13.1. The molecule has 0 bridgehead atoms. The van der Waals surface area contributed by atoms with E-state index in [1.54, 1.807) is 17.1 Å². The Balaban J connectivity index is 2.21. The maximum Gasteiger partial charge on any atom is 0.137 e. The molecule has 0 N–H and O–H groups in total. The molecule has 6 heteroatoms. The van der Waals surface area contributed by atoms with Crippen LogP contribution in [0.5, 0.6) is 0 Å². The van der Waals surface area contributed by atoms with Gasteiger partial charge in [0, 0.05) is 0 Å². The van der Waals surface area contributed by atoms with E-state index >= 15 is 0 Å². The van der Waals surface area contributed by atoms with Gasteiger partial charge < -0.3 is 0 Å². The van der Waals surface area contributed by atoms with Crippen molar-refractivity contribution in [2.24, 2.45) is 5.41 Å². The summed E-state index contributed by atoms with van der Waals surface area (Å²) < 4.78 is 14.9. The maximum absolute atomic E-state index is 13.1. The first-order chi connectivity index (χ1) is 9.91. The van der Waals surface area contributed by atoms with Gasteiger partial charge in [0.1, 0.15) is 12.7 Å². The van der Waals surface area contributed by atoms with Crippen LogP contribution in [0.1, 0.15) is 31.9 Å². The fraction of sp³-hybridized carbons (Fsp3) is 0.467. The summed E-state index contributed by atoms with van der Waals surface area (Å²) in [5.41, 5.74) is 0.631. The molecule has 0 aliphatic rings. The normalized spacial score (nSPS) is 13.4. The molecule has 1 heterocycles. The van der Waals surface area contributed by atoms with Gasteiger partial charge in [-0.25, -0.2) is 9.67 Å². The number of hydrogen-bond donors (Lipinski definition) is 0. The van der Waals surface area contributed by atoms with E-state index in [0.717, 1.165) is 5.56 Å². The van der Waals surface area contributed by atoms with Crippen molar-refractivity contribution >= 4 is 23.2 Å². The van der Waals surface area contributed by atoms with Crippen LogP contribution in [0.4, 0.5) is 4.39 Å². The second-order valence-corrected chi connectivity index (χ2v) is 6.80. The van der Waals surface area contributed by atoms with Gasteiger partial charge in [0.25, 0.3) is 0 Å². The van der Waals surface area contributed by atoms with Crippen LogP contribution in [0.25, 0.3) is 0 Å². The molecule has 1 aromatic carbocycles. The van der Waals surface area contributed by atoms with Crippen LogP contribution in [0.2, 0.25) is 10.0 Å². The highest BCUT2D eigenvalue weighted by Crippen LogP contribution is 2.32. The van der Waals surface area contributed by atoms with Gasteiger partial charge in [-0.15, -0.1) is 0 Å². The molecule has 0 saturated heterocycles. The summed E-state index contributed by atoms with van der Waals surface area (Å²) in [4.78, 5) is 3.98. The van der Waals surface area contributed by atoms with Crippen LogP contribution in [-0.4, -0.2) is 21.4 Å². The third-order valence-corrected chi connectivity index (χ3v) is 4.16. The Labute approximate surface area is 134 Å². The van der Waals surface area contributed by atoms with Crippen molar-refractivity contribution < 1.29 is 4.39 Å². The van der Waals surface area contributed by atoms with Gasteiger partial charge in [-0.1, -0.05) is 43.1 Å². The Morgan fingerprint density at radius 1 is 1.29 bits per heavy atom. The van der Waals surface area contributed by atoms with Gasteiger partial charge in [-0.05, 0) is 36.0 Å². The topological polar surface area (TPSA) is 30.7 Å².